The van der Waals surface area contributed by atoms with E-state index in [-0.39, 0.29) is 18.5 Å². The molecule has 3 aromatic rings. The minimum Gasteiger partial charge on any atom is -0.376 e. The molecule has 3 rings (SSSR count). The van der Waals surface area contributed by atoms with Crippen LogP contribution < -0.4 is 10.6 Å². The summed E-state index contributed by atoms with van der Waals surface area (Å²) < 4.78 is 0. The van der Waals surface area contributed by atoms with Gasteiger partial charge in [0.05, 0.1) is 12.6 Å². The maximum absolute atomic E-state index is 12.5. The summed E-state index contributed by atoms with van der Waals surface area (Å²) in [6.07, 6.45) is 0. The Labute approximate surface area is 156 Å². The van der Waals surface area contributed by atoms with Crippen LogP contribution in [0.5, 0.6) is 0 Å². The predicted molar refractivity (Wildman–Crippen MR) is 105 cm³/mol. The van der Waals surface area contributed by atoms with Gasteiger partial charge in [0, 0.05) is 15.6 Å². The van der Waals surface area contributed by atoms with Gasteiger partial charge >= 0.3 is 0 Å². The summed E-state index contributed by atoms with van der Waals surface area (Å²) >= 11 is 7.66. The number of nitrogens with one attached hydrogen (secondary N) is 2. The Morgan fingerprint density at radius 1 is 1.12 bits per heavy atom. The second-order valence-corrected chi connectivity index (χ2v) is 7.16. The molecule has 2 aromatic carbocycles. The van der Waals surface area contributed by atoms with Crippen LogP contribution in [0.2, 0.25) is 5.02 Å². The van der Waals surface area contributed by atoms with Gasteiger partial charge in [-0.2, -0.15) is 0 Å². The molecular formula is C20H19ClN2OS. The van der Waals surface area contributed by atoms with Crippen molar-refractivity contribution in [1.29, 1.82) is 0 Å². The molecule has 0 aliphatic heterocycles. The van der Waals surface area contributed by atoms with Gasteiger partial charge in [-0.1, -0.05) is 54.1 Å². The fraction of sp³-hybridized carbons (Fsp3) is 0.150. The van der Waals surface area contributed by atoms with Crippen molar-refractivity contribution in [3.05, 3.63) is 87.1 Å². The third-order valence-corrected chi connectivity index (χ3v) is 5.08. The first kappa shape index (κ1) is 17.5. The van der Waals surface area contributed by atoms with E-state index in [0.29, 0.717) is 5.02 Å². The minimum atomic E-state index is -0.143. The first-order chi connectivity index (χ1) is 12.1. The molecular weight excluding hydrogens is 352 g/mol. The summed E-state index contributed by atoms with van der Waals surface area (Å²) in [4.78, 5) is 13.6. The quantitative estimate of drug-likeness (QED) is 0.639. The summed E-state index contributed by atoms with van der Waals surface area (Å²) in [5.74, 6) is -0.0679. The van der Waals surface area contributed by atoms with Gasteiger partial charge in [-0.05, 0) is 41.6 Å². The largest absolute Gasteiger partial charge is 0.376 e. The topological polar surface area (TPSA) is 41.1 Å². The Kier molecular flexibility index (Phi) is 5.74. The molecule has 1 heterocycles. The molecule has 0 aliphatic carbocycles. The third-order valence-electron chi connectivity index (χ3n) is 3.90. The number of carbonyl (C=O) groups excluding carboxylic acids is 1. The van der Waals surface area contributed by atoms with E-state index in [9.17, 15) is 4.79 Å². The normalized spacial score (nSPS) is 11.8. The zero-order valence-electron chi connectivity index (χ0n) is 13.8. The summed E-state index contributed by atoms with van der Waals surface area (Å²) in [7, 11) is 0. The van der Waals surface area contributed by atoms with E-state index in [4.69, 9.17) is 11.6 Å². The van der Waals surface area contributed by atoms with Gasteiger partial charge in [-0.3, -0.25) is 4.79 Å². The molecule has 128 valence electrons. The monoisotopic (exact) mass is 370 g/mol. The molecule has 0 bridgehead atoms. The van der Waals surface area contributed by atoms with E-state index in [1.54, 1.807) is 11.3 Å². The van der Waals surface area contributed by atoms with Crippen LogP contribution in [0.3, 0.4) is 0 Å². The zero-order valence-corrected chi connectivity index (χ0v) is 15.4. The van der Waals surface area contributed by atoms with Crippen molar-refractivity contribution in [2.75, 3.05) is 11.9 Å². The summed E-state index contributed by atoms with van der Waals surface area (Å²) in [6, 6.07) is 19.5. The van der Waals surface area contributed by atoms with Gasteiger partial charge in [0.2, 0.25) is 5.91 Å². The van der Waals surface area contributed by atoms with Crippen LogP contribution in [-0.4, -0.2) is 12.5 Å². The maximum Gasteiger partial charge on any atom is 0.240 e. The number of carbonyl (C=O) groups is 1. The number of amides is 1. The van der Waals surface area contributed by atoms with Crippen molar-refractivity contribution >= 4 is 34.5 Å². The molecule has 0 unspecified atom stereocenters. The van der Waals surface area contributed by atoms with Crippen molar-refractivity contribution in [1.82, 2.24) is 5.32 Å². The molecule has 0 fully saturated rings. The second kappa shape index (κ2) is 8.19. The Bertz CT molecular complexity index is 834. The average molecular weight is 371 g/mol. The molecule has 5 heteroatoms. The summed E-state index contributed by atoms with van der Waals surface area (Å²) in [5, 5.41) is 8.94. The number of thiophene rings is 1. The first-order valence-electron chi connectivity index (χ1n) is 8.01. The molecule has 1 atom stereocenters. The number of halogens is 1. The lowest BCUT2D eigenvalue weighted by Gasteiger charge is -2.19. The molecule has 0 spiro atoms. The molecule has 0 saturated carbocycles. The van der Waals surface area contributed by atoms with Gasteiger partial charge in [0.25, 0.3) is 0 Å². The van der Waals surface area contributed by atoms with Crippen molar-refractivity contribution in [3.8, 4) is 0 Å². The lowest BCUT2D eigenvalue weighted by Crippen LogP contribution is -2.33. The van der Waals surface area contributed by atoms with E-state index in [1.807, 2.05) is 73.0 Å². The van der Waals surface area contributed by atoms with Gasteiger partial charge in [0.1, 0.15) is 0 Å². The lowest BCUT2D eigenvalue weighted by molar-refractivity contribution is -0.119. The maximum atomic E-state index is 12.5. The molecule has 0 radical (unpaired) electrons. The smallest absolute Gasteiger partial charge is 0.240 e. The highest BCUT2D eigenvalue weighted by Gasteiger charge is 2.17. The van der Waals surface area contributed by atoms with Crippen molar-refractivity contribution in [2.45, 2.75) is 13.0 Å². The van der Waals surface area contributed by atoms with E-state index < -0.39 is 0 Å². The molecule has 1 amide bonds. The van der Waals surface area contributed by atoms with Crippen LogP contribution in [0.4, 0.5) is 5.69 Å². The second-order valence-electron chi connectivity index (χ2n) is 5.74. The predicted octanol–water partition coefficient (Wildman–Crippen LogP) is 5.03. The van der Waals surface area contributed by atoms with Gasteiger partial charge in [-0.15, -0.1) is 11.3 Å². The van der Waals surface area contributed by atoms with Crippen molar-refractivity contribution < 1.29 is 4.79 Å². The van der Waals surface area contributed by atoms with Crippen molar-refractivity contribution in [3.63, 3.8) is 0 Å². The Morgan fingerprint density at radius 3 is 2.64 bits per heavy atom. The highest BCUT2D eigenvalue weighted by Crippen LogP contribution is 2.26. The third kappa shape index (κ3) is 4.62. The number of rotatable bonds is 6. The van der Waals surface area contributed by atoms with Crippen LogP contribution in [0.15, 0.2) is 66.0 Å². The SMILES string of the molecule is Cc1ccc(Cl)cc1NCC(=O)N[C@@H](c1ccccc1)c1cccs1. The van der Waals surface area contributed by atoms with Gasteiger partial charge < -0.3 is 10.6 Å². The number of hydrogen-bond donors (Lipinski definition) is 2. The van der Waals surface area contributed by atoms with Crippen LogP contribution in [-0.2, 0) is 4.79 Å². The highest BCUT2D eigenvalue weighted by molar-refractivity contribution is 7.10. The van der Waals surface area contributed by atoms with Crippen LogP contribution in [0, 0.1) is 6.92 Å². The zero-order chi connectivity index (χ0) is 17.6. The number of aryl methyl sites for hydroxylation is 1. The number of anilines is 1. The fourth-order valence-corrected chi connectivity index (χ4v) is 3.57. The molecule has 1 aromatic heterocycles. The highest BCUT2D eigenvalue weighted by atomic mass is 35.5. The lowest BCUT2D eigenvalue weighted by atomic mass is 10.1. The van der Waals surface area contributed by atoms with E-state index in [0.717, 1.165) is 21.7 Å². The Morgan fingerprint density at radius 2 is 1.92 bits per heavy atom. The van der Waals surface area contributed by atoms with Gasteiger partial charge in [0.15, 0.2) is 0 Å². The van der Waals surface area contributed by atoms with Crippen LogP contribution >= 0.6 is 22.9 Å². The molecule has 2 N–H and O–H groups in total. The van der Waals surface area contributed by atoms with E-state index >= 15 is 0 Å². The summed E-state index contributed by atoms with van der Waals surface area (Å²) in [6.45, 7) is 2.17. The van der Waals surface area contributed by atoms with E-state index in [1.165, 1.54) is 0 Å². The van der Waals surface area contributed by atoms with Crippen molar-refractivity contribution in [2.24, 2.45) is 0 Å². The Balaban J connectivity index is 1.70. The van der Waals surface area contributed by atoms with Gasteiger partial charge in [-0.25, -0.2) is 0 Å². The molecule has 3 nitrogen and oxygen atoms in total. The number of hydrogen-bond acceptors (Lipinski definition) is 3. The number of benzene rings is 2. The fourth-order valence-electron chi connectivity index (χ4n) is 2.59. The molecule has 0 aliphatic rings. The average Bonchev–Trinajstić information content (AvgIpc) is 3.15. The van der Waals surface area contributed by atoms with E-state index in [2.05, 4.69) is 10.6 Å². The Hall–Kier alpha value is -2.30. The summed E-state index contributed by atoms with van der Waals surface area (Å²) in [5.41, 5.74) is 2.99. The standard InChI is InChI=1S/C20H19ClN2OS/c1-14-9-10-16(21)12-17(14)22-13-19(24)23-20(18-8-5-11-25-18)15-6-3-2-4-7-15/h2-12,20,22H,13H2,1H3,(H,23,24)/t20-/m0/s1. The molecule has 25 heavy (non-hydrogen) atoms. The first-order valence-corrected chi connectivity index (χ1v) is 9.27. The van der Waals surface area contributed by atoms with Crippen LogP contribution in [0.25, 0.3) is 0 Å². The molecule has 0 saturated heterocycles. The van der Waals surface area contributed by atoms with Crippen LogP contribution in [0.1, 0.15) is 22.0 Å². The minimum absolute atomic E-state index is 0.0679.